The first kappa shape index (κ1) is 11.4. The fraction of sp³-hybridized carbons (Fsp3) is 0.0833. The van der Waals surface area contributed by atoms with Crippen LogP contribution in [-0.4, -0.2) is 26.7 Å². The number of aromatic amines is 1. The molecule has 96 valence electrons. The van der Waals surface area contributed by atoms with Gasteiger partial charge < -0.3 is 4.74 Å². The van der Waals surface area contributed by atoms with Gasteiger partial charge in [-0.25, -0.2) is 18.9 Å². The van der Waals surface area contributed by atoms with E-state index in [9.17, 15) is 9.18 Å². The first-order chi connectivity index (χ1) is 9.20. The fourth-order valence-corrected chi connectivity index (χ4v) is 1.84. The van der Waals surface area contributed by atoms with Gasteiger partial charge in [-0.1, -0.05) is 0 Å². The Morgan fingerprint density at radius 1 is 1.37 bits per heavy atom. The zero-order chi connectivity index (χ0) is 13.4. The van der Waals surface area contributed by atoms with Crippen molar-refractivity contribution in [2.24, 2.45) is 0 Å². The van der Waals surface area contributed by atoms with E-state index in [1.165, 1.54) is 42.3 Å². The molecule has 0 fully saturated rings. The van der Waals surface area contributed by atoms with E-state index >= 15 is 0 Å². The van der Waals surface area contributed by atoms with Gasteiger partial charge in [-0.3, -0.25) is 9.89 Å². The second-order valence-electron chi connectivity index (χ2n) is 3.84. The van der Waals surface area contributed by atoms with Gasteiger partial charge in [0, 0.05) is 41.9 Å². The molecule has 0 unspecified atom stereocenters. The molecule has 0 aliphatic rings. The standard InChI is InChI=1S/C12H9FN4O2/c1-19-10-4-9(13)7(5-15-10)8-6-16-17-11(18)2-3-14-12(8)17/h2-6,16H,1H3. The van der Waals surface area contributed by atoms with E-state index in [1.807, 2.05) is 0 Å². The lowest BCUT2D eigenvalue weighted by atomic mass is 10.1. The molecule has 0 atom stereocenters. The number of fused-ring (bicyclic) bond motifs is 1. The van der Waals surface area contributed by atoms with Crippen molar-refractivity contribution in [2.45, 2.75) is 0 Å². The van der Waals surface area contributed by atoms with Gasteiger partial charge in [0.05, 0.1) is 7.11 Å². The van der Waals surface area contributed by atoms with Crippen LogP contribution in [0.4, 0.5) is 4.39 Å². The highest BCUT2D eigenvalue weighted by atomic mass is 19.1. The Morgan fingerprint density at radius 3 is 2.95 bits per heavy atom. The summed E-state index contributed by atoms with van der Waals surface area (Å²) in [6.45, 7) is 0. The third-order valence-electron chi connectivity index (χ3n) is 2.75. The van der Waals surface area contributed by atoms with E-state index in [-0.39, 0.29) is 17.0 Å². The lowest BCUT2D eigenvalue weighted by Crippen LogP contribution is -2.12. The Bertz CT molecular complexity index is 809. The average Bonchev–Trinajstić information content (AvgIpc) is 2.84. The molecular formula is C12H9FN4O2. The molecule has 3 aromatic heterocycles. The minimum Gasteiger partial charge on any atom is -0.481 e. The van der Waals surface area contributed by atoms with Crippen LogP contribution >= 0.6 is 0 Å². The summed E-state index contributed by atoms with van der Waals surface area (Å²) in [5, 5.41) is 2.73. The van der Waals surface area contributed by atoms with Crippen LogP contribution in [0.1, 0.15) is 0 Å². The van der Waals surface area contributed by atoms with Crippen molar-refractivity contribution >= 4 is 5.65 Å². The highest BCUT2D eigenvalue weighted by Crippen LogP contribution is 2.26. The van der Waals surface area contributed by atoms with Crippen LogP contribution in [-0.2, 0) is 0 Å². The summed E-state index contributed by atoms with van der Waals surface area (Å²) >= 11 is 0. The van der Waals surface area contributed by atoms with Gasteiger partial charge in [0.15, 0.2) is 5.65 Å². The molecule has 0 radical (unpaired) electrons. The second kappa shape index (κ2) is 4.20. The maximum absolute atomic E-state index is 14.0. The molecule has 0 aliphatic carbocycles. The predicted octanol–water partition coefficient (Wildman–Crippen LogP) is 1.23. The highest BCUT2D eigenvalue weighted by molar-refractivity contribution is 5.76. The molecule has 0 aromatic carbocycles. The number of rotatable bonds is 2. The molecule has 0 aliphatic heterocycles. The van der Waals surface area contributed by atoms with Gasteiger partial charge in [0.2, 0.25) is 5.88 Å². The van der Waals surface area contributed by atoms with Crippen LogP contribution < -0.4 is 10.3 Å². The van der Waals surface area contributed by atoms with Crippen molar-refractivity contribution in [2.75, 3.05) is 7.11 Å². The predicted molar refractivity (Wildman–Crippen MR) is 65.6 cm³/mol. The number of methoxy groups -OCH3 is 1. The molecule has 6 nitrogen and oxygen atoms in total. The molecule has 3 aromatic rings. The SMILES string of the molecule is COc1cc(F)c(-c2c[nH]n3c(=O)ccnc23)cn1. The van der Waals surface area contributed by atoms with E-state index in [0.717, 1.165) is 0 Å². The van der Waals surface area contributed by atoms with Crippen LogP contribution in [0.2, 0.25) is 0 Å². The summed E-state index contributed by atoms with van der Waals surface area (Å²) in [4.78, 5) is 19.6. The van der Waals surface area contributed by atoms with E-state index in [2.05, 4.69) is 15.1 Å². The quantitative estimate of drug-likeness (QED) is 0.752. The lowest BCUT2D eigenvalue weighted by molar-refractivity contribution is 0.394. The van der Waals surface area contributed by atoms with Crippen molar-refractivity contribution < 1.29 is 9.13 Å². The van der Waals surface area contributed by atoms with Crippen LogP contribution in [0, 0.1) is 5.82 Å². The Balaban J connectivity index is 2.25. The third kappa shape index (κ3) is 1.75. The molecular weight excluding hydrogens is 251 g/mol. The number of aromatic nitrogens is 4. The number of halogens is 1. The van der Waals surface area contributed by atoms with Crippen LogP contribution in [0.15, 0.2) is 35.5 Å². The largest absolute Gasteiger partial charge is 0.481 e. The molecule has 7 heteroatoms. The van der Waals surface area contributed by atoms with Crippen molar-refractivity contribution in [1.29, 1.82) is 0 Å². The molecule has 0 saturated heterocycles. The van der Waals surface area contributed by atoms with Gasteiger partial charge in [-0.15, -0.1) is 0 Å². The summed E-state index contributed by atoms with van der Waals surface area (Å²) in [5.74, 6) is -0.308. The Kier molecular flexibility index (Phi) is 2.52. The Morgan fingerprint density at radius 2 is 2.21 bits per heavy atom. The fourth-order valence-electron chi connectivity index (χ4n) is 1.84. The first-order valence-corrected chi connectivity index (χ1v) is 5.46. The first-order valence-electron chi connectivity index (χ1n) is 5.46. The molecule has 0 spiro atoms. The topological polar surface area (TPSA) is 72.3 Å². The number of hydrogen-bond donors (Lipinski definition) is 1. The normalized spacial score (nSPS) is 10.8. The maximum Gasteiger partial charge on any atom is 0.272 e. The van der Waals surface area contributed by atoms with Crippen LogP contribution in [0.25, 0.3) is 16.8 Å². The molecule has 3 heterocycles. The number of pyridine rings is 1. The van der Waals surface area contributed by atoms with Crippen molar-refractivity contribution in [3.63, 3.8) is 0 Å². The highest BCUT2D eigenvalue weighted by Gasteiger charge is 2.13. The third-order valence-corrected chi connectivity index (χ3v) is 2.75. The van der Waals surface area contributed by atoms with E-state index in [0.29, 0.717) is 11.2 Å². The maximum atomic E-state index is 14.0. The monoisotopic (exact) mass is 260 g/mol. The van der Waals surface area contributed by atoms with Gasteiger partial charge >= 0.3 is 0 Å². The van der Waals surface area contributed by atoms with Crippen molar-refractivity contribution in [3.05, 3.63) is 46.9 Å². The van der Waals surface area contributed by atoms with Crippen LogP contribution in [0.5, 0.6) is 5.88 Å². The zero-order valence-corrected chi connectivity index (χ0v) is 9.92. The number of hydrogen-bond acceptors (Lipinski definition) is 4. The average molecular weight is 260 g/mol. The number of ether oxygens (including phenoxy) is 1. The minimum absolute atomic E-state index is 0.186. The van der Waals surface area contributed by atoms with Crippen molar-refractivity contribution in [1.82, 2.24) is 19.6 Å². The smallest absolute Gasteiger partial charge is 0.272 e. The zero-order valence-electron chi connectivity index (χ0n) is 9.92. The van der Waals surface area contributed by atoms with E-state index in [4.69, 9.17) is 4.74 Å². The summed E-state index contributed by atoms with van der Waals surface area (Å²) in [6, 6.07) is 2.50. The van der Waals surface area contributed by atoms with Gasteiger partial charge in [0.25, 0.3) is 5.56 Å². The van der Waals surface area contributed by atoms with Gasteiger partial charge in [-0.05, 0) is 0 Å². The van der Waals surface area contributed by atoms with E-state index in [1.54, 1.807) is 0 Å². The molecule has 0 bridgehead atoms. The summed E-state index contributed by atoms with van der Waals surface area (Å²) in [6.07, 6.45) is 4.23. The molecule has 19 heavy (non-hydrogen) atoms. The molecule has 1 N–H and O–H groups in total. The van der Waals surface area contributed by atoms with Crippen LogP contribution in [0.3, 0.4) is 0 Å². The summed E-state index contributed by atoms with van der Waals surface area (Å²) in [7, 11) is 1.41. The molecule has 3 rings (SSSR count). The second-order valence-corrected chi connectivity index (χ2v) is 3.84. The van der Waals surface area contributed by atoms with Gasteiger partial charge in [0.1, 0.15) is 5.82 Å². The number of nitrogens with zero attached hydrogens (tertiary/aromatic N) is 3. The lowest BCUT2D eigenvalue weighted by Gasteiger charge is -2.03. The summed E-state index contributed by atoms with van der Waals surface area (Å²) < 4.78 is 20.1. The Labute approximate surface area is 106 Å². The summed E-state index contributed by atoms with van der Waals surface area (Å²) in [5.41, 5.74) is 0.791. The number of H-pyrrole nitrogens is 1. The van der Waals surface area contributed by atoms with E-state index < -0.39 is 5.82 Å². The van der Waals surface area contributed by atoms with Gasteiger partial charge in [-0.2, -0.15) is 0 Å². The minimum atomic E-state index is -0.494. The Hall–Kier alpha value is -2.70. The number of nitrogens with one attached hydrogen (secondary N) is 1. The molecule has 0 saturated carbocycles. The molecule has 0 amide bonds. The van der Waals surface area contributed by atoms with Crippen molar-refractivity contribution in [3.8, 4) is 17.0 Å².